The van der Waals surface area contributed by atoms with Gasteiger partial charge in [-0.05, 0) is 35.9 Å². The van der Waals surface area contributed by atoms with Crippen LogP contribution >= 0.6 is 23.4 Å². The van der Waals surface area contributed by atoms with E-state index in [9.17, 15) is 0 Å². The van der Waals surface area contributed by atoms with E-state index in [4.69, 9.17) is 16.7 Å². The lowest BCUT2D eigenvalue weighted by Gasteiger charge is -2.02. The molecule has 16 heavy (non-hydrogen) atoms. The van der Waals surface area contributed by atoms with E-state index in [0.717, 1.165) is 16.2 Å². The summed E-state index contributed by atoms with van der Waals surface area (Å²) in [5, 5.41) is 9.65. The van der Waals surface area contributed by atoms with E-state index in [1.807, 2.05) is 18.2 Å². The standard InChI is InChI=1S/C12H10ClNOS/c13-12-6-1-9(7-14-12)8-16-11-4-2-10(15)3-5-11/h1-7,15H,8H2. The van der Waals surface area contributed by atoms with E-state index in [2.05, 4.69) is 4.98 Å². The molecule has 0 saturated carbocycles. The summed E-state index contributed by atoms with van der Waals surface area (Å²) in [6.45, 7) is 0. The minimum Gasteiger partial charge on any atom is -0.508 e. The van der Waals surface area contributed by atoms with Crippen LogP contribution in [0.15, 0.2) is 47.5 Å². The minimum absolute atomic E-state index is 0.289. The van der Waals surface area contributed by atoms with Crippen LogP contribution in [0.25, 0.3) is 0 Å². The molecule has 0 radical (unpaired) electrons. The van der Waals surface area contributed by atoms with Crippen molar-refractivity contribution in [1.82, 2.24) is 4.98 Å². The van der Waals surface area contributed by atoms with Gasteiger partial charge in [-0.2, -0.15) is 0 Å². The third kappa shape index (κ3) is 3.15. The van der Waals surface area contributed by atoms with Crippen molar-refractivity contribution in [3.8, 4) is 5.75 Å². The van der Waals surface area contributed by atoms with Gasteiger partial charge in [-0.25, -0.2) is 4.98 Å². The summed E-state index contributed by atoms with van der Waals surface area (Å²) in [5.74, 6) is 1.13. The highest BCUT2D eigenvalue weighted by Crippen LogP contribution is 2.24. The summed E-state index contributed by atoms with van der Waals surface area (Å²) in [4.78, 5) is 5.14. The first kappa shape index (κ1) is 11.3. The summed E-state index contributed by atoms with van der Waals surface area (Å²) in [5.41, 5.74) is 1.13. The molecule has 0 aliphatic rings. The molecule has 1 heterocycles. The van der Waals surface area contributed by atoms with Gasteiger partial charge < -0.3 is 5.11 Å². The maximum Gasteiger partial charge on any atom is 0.129 e. The first-order valence-corrected chi connectivity index (χ1v) is 6.13. The highest BCUT2D eigenvalue weighted by atomic mass is 35.5. The molecule has 0 fully saturated rings. The first-order valence-electron chi connectivity index (χ1n) is 4.76. The summed E-state index contributed by atoms with van der Waals surface area (Å²) < 4.78 is 0. The van der Waals surface area contributed by atoms with Crippen molar-refractivity contribution in [2.45, 2.75) is 10.6 Å². The molecular formula is C12H10ClNOS. The second-order valence-corrected chi connectivity index (χ2v) is 4.71. The van der Waals surface area contributed by atoms with Crippen LogP contribution in [0.3, 0.4) is 0 Å². The van der Waals surface area contributed by atoms with Crippen LogP contribution in [0.5, 0.6) is 5.75 Å². The molecule has 0 aliphatic carbocycles. The van der Waals surface area contributed by atoms with Crippen molar-refractivity contribution in [3.05, 3.63) is 53.3 Å². The Morgan fingerprint density at radius 2 is 1.88 bits per heavy atom. The summed E-state index contributed by atoms with van der Waals surface area (Å²) in [6, 6.07) is 10.9. The summed E-state index contributed by atoms with van der Waals surface area (Å²) in [6.07, 6.45) is 1.77. The fourth-order valence-corrected chi connectivity index (χ4v) is 2.15. The fourth-order valence-electron chi connectivity index (χ4n) is 1.20. The number of hydrogen-bond donors (Lipinski definition) is 1. The average Bonchev–Trinajstić information content (AvgIpc) is 2.30. The zero-order valence-corrected chi connectivity index (χ0v) is 10.0. The predicted molar refractivity (Wildman–Crippen MR) is 66.9 cm³/mol. The molecule has 1 N–H and O–H groups in total. The van der Waals surface area contributed by atoms with Gasteiger partial charge in [-0.1, -0.05) is 17.7 Å². The first-order chi connectivity index (χ1) is 7.74. The predicted octanol–water partition coefficient (Wildman–Crippen LogP) is 3.73. The van der Waals surface area contributed by atoms with Crippen LogP contribution in [0.4, 0.5) is 0 Å². The molecule has 0 spiro atoms. The maximum atomic E-state index is 9.14. The molecular weight excluding hydrogens is 242 g/mol. The van der Waals surface area contributed by atoms with Crippen molar-refractivity contribution in [2.24, 2.45) is 0 Å². The lowest BCUT2D eigenvalue weighted by atomic mass is 10.3. The topological polar surface area (TPSA) is 33.1 Å². The van der Waals surface area contributed by atoms with E-state index >= 15 is 0 Å². The number of phenols is 1. The molecule has 2 aromatic rings. The van der Waals surface area contributed by atoms with E-state index in [1.54, 1.807) is 36.2 Å². The number of aromatic nitrogens is 1. The molecule has 82 valence electrons. The zero-order chi connectivity index (χ0) is 11.4. The number of halogens is 1. The van der Waals surface area contributed by atoms with E-state index in [-0.39, 0.29) is 5.75 Å². The van der Waals surface area contributed by atoms with E-state index < -0.39 is 0 Å². The number of hydrogen-bond acceptors (Lipinski definition) is 3. The van der Waals surface area contributed by atoms with Gasteiger partial charge in [0.25, 0.3) is 0 Å². The lowest BCUT2D eigenvalue weighted by molar-refractivity contribution is 0.475. The second-order valence-electron chi connectivity index (χ2n) is 3.27. The van der Waals surface area contributed by atoms with Gasteiger partial charge >= 0.3 is 0 Å². The summed E-state index contributed by atoms with van der Waals surface area (Å²) >= 11 is 7.39. The lowest BCUT2D eigenvalue weighted by Crippen LogP contribution is -1.82. The van der Waals surface area contributed by atoms with Gasteiger partial charge in [0, 0.05) is 16.8 Å². The highest BCUT2D eigenvalue weighted by molar-refractivity contribution is 7.98. The average molecular weight is 252 g/mol. The van der Waals surface area contributed by atoms with Gasteiger partial charge in [-0.3, -0.25) is 0 Å². The molecule has 4 heteroatoms. The fraction of sp³-hybridized carbons (Fsp3) is 0.0833. The Kier molecular flexibility index (Phi) is 3.70. The van der Waals surface area contributed by atoms with Crippen molar-refractivity contribution in [1.29, 1.82) is 0 Å². The Hall–Kier alpha value is -1.19. The molecule has 1 aromatic heterocycles. The Morgan fingerprint density at radius 3 is 2.50 bits per heavy atom. The van der Waals surface area contributed by atoms with Crippen molar-refractivity contribution >= 4 is 23.4 Å². The van der Waals surface area contributed by atoms with Gasteiger partial charge in [0.2, 0.25) is 0 Å². The number of benzene rings is 1. The molecule has 0 bridgehead atoms. The van der Waals surface area contributed by atoms with Gasteiger partial charge in [-0.15, -0.1) is 11.8 Å². The normalized spacial score (nSPS) is 10.3. The Bertz CT molecular complexity index is 410. The number of nitrogens with zero attached hydrogens (tertiary/aromatic N) is 1. The second kappa shape index (κ2) is 5.23. The number of phenolic OH excluding ortho intramolecular Hbond substituents is 1. The Labute approximate surface area is 103 Å². The third-order valence-corrected chi connectivity index (χ3v) is 3.34. The highest BCUT2D eigenvalue weighted by Gasteiger charge is 1.97. The van der Waals surface area contributed by atoms with Crippen LogP contribution in [0.1, 0.15) is 5.56 Å². The van der Waals surface area contributed by atoms with Crippen LogP contribution in [-0.4, -0.2) is 10.1 Å². The number of rotatable bonds is 3. The van der Waals surface area contributed by atoms with Gasteiger partial charge in [0.1, 0.15) is 10.9 Å². The van der Waals surface area contributed by atoms with E-state index in [1.165, 1.54) is 0 Å². The van der Waals surface area contributed by atoms with Crippen LogP contribution in [0, 0.1) is 0 Å². The minimum atomic E-state index is 0.289. The molecule has 0 amide bonds. The van der Waals surface area contributed by atoms with Crippen molar-refractivity contribution in [2.75, 3.05) is 0 Å². The molecule has 0 saturated heterocycles. The van der Waals surface area contributed by atoms with Gasteiger partial charge in [0.15, 0.2) is 0 Å². The largest absolute Gasteiger partial charge is 0.508 e. The molecule has 0 atom stereocenters. The smallest absolute Gasteiger partial charge is 0.129 e. The quantitative estimate of drug-likeness (QED) is 0.667. The number of pyridine rings is 1. The molecule has 2 rings (SSSR count). The zero-order valence-electron chi connectivity index (χ0n) is 8.43. The van der Waals surface area contributed by atoms with E-state index in [0.29, 0.717) is 5.15 Å². The number of thioether (sulfide) groups is 1. The van der Waals surface area contributed by atoms with Crippen LogP contribution in [-0.2, 0) is 5.75 Å². The molecule has 0 aliphatic heterocycles. The molecule has 0 unspecified atom stereocenters. The number of aromatic hydroxyl groups is 1. The Morgan fingerprint density at radius 1 is 1.12 bits per heavy atom. The SMILES string of the molecule is Oc1ccc(SCc2ccc(Cl)nc2)cc1. The summed E-state index contributed by atoms with van der Waals surface area (Å²) in [7, 11) is 0. The molecule has 2 nitrogen and oxygen atoms in total. The van der Waals surface area contributed by atoms with Crippen LogP contribution in [0.2, 0.25) is 5.15 Å². The maximum absolute atomic E-state index is 9.14. The third-order valence-electron chi connectivity index (χ3n) is 2.03. The van der Waals surface area contributed by atoms with Crippen molar-refractivity contribution in [3.63, 3.8) is 0 Å². The van der Waals surface area contributed by atoms with Gasteiger partial charge in [0.05, 0.1) is 0 Å². The van der Waals surface area contributed by atoms with Crippen LogP contribution < -0.4 is 0 Å². The molecule has 1 aromatic carbocycles. The van der Waals surface area contributed by atoms with Crippen molar-refractivity contribution < 1.29 is 5.11 Å². The monoisotopic (exact) mass is 251 g/mol. The Balaban J connectivity index is 1.97.